The van der Waals surface area contributed by atoms with Crippen LogP contribution in [0.25, 0.3) is 0 Å². The molecule has 4 heteroatoms. The third kappa shape index (κ3) is 4.51. The van der Waals surface area contributed by atoms with E-state index in [1.807, 2.05) is 20.8 Å². The van der Waals surface area contributed by atoms with E-state index in [4.69, 9.17) is 4.74 Å². The molecule has 0 bridgehead atoms. The number of hydrogen-bond acceptors (Lipinski definition) is 3. The van der Waals surface area contributed by atoms with Crippen LogP contribution < -0.4 is 0 Å². The molecule has 0 radical (unpaired) electrons. The maximum absolute atomic E-state index is 11.8. The molecule has 1 saturated heterocycles. The van der Waals surface area contributed by atoms with Crippen molar-refractivity contribution in [3.63, 3.8) is 0 Å². The summed E-state index contributed by atoms with van der Waals surface area (Å²) >= 11 is 0. The molecule has 0 aromatic rings. The van der Waals surface area contributed by atoms with E-state index in [1.54, 1.807) is 11.0 Å². The lowest BCUT2D eigenvalue weighted by atomic mass is 10.00. The normalized spacial score (nSPS) is 19.7. The van der Waals surface area contributed by atoms with Gasteiger partial charge in [0.2, 0.25) is 0 Å². The van der Waals surface area contributed by atoms with Gasteiger partial charge in [0.15, 0.2) is 0 Å². The Balaban J connectivity index is 2.43. The van der Waals surface area contributed by atoms with Crippen molar-refractivity contribution in [1.82, 2.24) is 4.90 Å². The maximum atomic E-state index is 11.8. The zero-order chi connectivity index (χ0) is 13.8. The summed E-state index contributed by atoms with van der Waals surface area (Å²) < 4.78 is 5.29. The summed E-state index contributed by atoms with van der Waals surface area (Å²) in [7, 11) is 0. The van der Waals surface area contributed by atoms with Crippen molar-refractivity contribution >= 4 is 11.9 Å². The van der Waals surface area contributed by atoms with E-state index in [9.17, 15) is 9.59 Å². The Kier molecular flexibility index (Phi) is 4.93. The average molecular weight is 253 g/mol. The van der Waals surface area contributed by atoms with Gasteiger partial charge in [-0.05, 0) is 33.6 Å². The van der Waals surface area contributed by atoms with Crippen LogP contribution in [-0.2, 0) is 9.53 Å². The lowest BCUT2D eigenvalue weighted by Gasteiger charge is -2.24. The fourth-order valence-corrected chi connectivity index (χ4v) is 1.96. The van der Waals surface area contributed by atoms with E-state index in [-0.39, 0.29) is 17.8 Å². The summed E-state index contributed by atoms with van der Waals surface area (Å²) in [6.45, 7) is 10.2. The summed E-state index contributed by atoms with van der Waals surface area (Å²) in [4.78, 5) is 25.3. The quantitative estimate of drug-likeness (QED) is 0.724. The molecule has 1 aliphatic rings. The Bertz CT molecular complexity index is 330. The monoisotopic (exact) mass is 253 g/mol. The van der Waals surface area contributed by atoms with Gasteiger partial charge in [0.25, 0.3) is 0 Å². The minimum Gasteiger partial charge on any atom is -0.444 e. The third-order valence-corrected chi connectivity index (χ3v) is 2.89. The van der Waals surface area contributed by atoms with Crippen LogP contribution in [0.5, 0.6) is 0 Å². The molecule has 1 amide bonds. The first-order valence-corrected chi connectivity index (χ1v) is 6.45. The van der Waals surface area contributed by atoms with Crippen LogP contribution in [0.4, 0.5) is 4.79 Å². The van der Waals surface area contributed by atoms with Gasteiger partial charge in [0.05, 0.1) is 0 Å². The summed E-state index contributed by atoms with van der Waals surface area (Å²) in [5.41, 5.74) is -0.484. The van der Waals surface area contributed by atoms with Crippen molar-refractivity contribution in [3.05, 3.63) is 12.7 Å². The van der Waals surface area contributed by atoms with E-state index in [1.165, 1.54) is 0 Å². The number of carbonyl (C=O) groups excluding carboxylic acids is 2. The predicted molar refractivity (Wildman–Crippen MR) is 70.4 cm³/mol. The first-order chi connectivity index (χ1) is 8.33. The number of likely N-dealkylation sites (tertiary alicyclic amines) is 1. The molecule has 18 heavy (non-hydrogen) atoms. The van der Waals surface area contributed by atoms with Crippen molar-refractivity contribution < 1.29 is 14.3 Å². The fourth-order valence-electron chi connectivity index (χ4n) is 1.96. The van der Waals surface area contributed by atoms with Crippen LogP contribution in [0, 0.1) is 5.92 Å². The molecule has 0 aromatic carbocycles. The SMILES string of the molecule is C=CCCC(=O)[C@@H]1CCN(C(=O)OC(C)(C)C)C1. The van der Waals surface area contributed by atoms with Crippen LogP contribution in [0.1, 0.15) is 40.0 Å². The van der Waals surface area contributed by atoms with Gasteiger partial charge in [-0.25, -0.2) is 4.79 Å². The van der Waals surface area contributed by atoms with Gasteiger partial charge in [-0.15, -0.1) is 6.58 Å². The summed E-state index contributed by atoms with van der Waals surface area (Å²) in [5, 5.41) is 0. The van der Waals surface area contributed by atoms with Crippen molar-refractivity contribution in [2.75, 3.05) is 13.1 Å². The number of rotatable bonds is 4. The van der Waals surface area contributed by atoms with E-state index >= 15 is 0 Å². The minimum absolute atomic E-state index is 0.0301. The molecule has 102 valence electrons. The first kappa shape index (κ1) is 14.7. The van der Waals surface area contributed by atoms with E-state index < -0.39 is 5.60 Å². The first-order valence-electron chi connectivity index (χ1n) is 6.45. The molecule has 0 unspecified atom stereocenters. The summed E-state index contributed by atoms with van der Waals surface area (Å²) in [6.07, 6.45) is 3.41. The number of Topliss-reactive ketones (excluding diaryl/α,β-unsaturated/α-hetero) is 1. The molecule has 4 nitrogen and oxygen atoms in total. The number of carbonyl (C=O) groups is 2. The highest BCUT2D eigenvalue weighted by Crippen LogP contribution is 2.21. The standard InChI is InChI=1S/C14H23NO3/c1-5-6-7-12(16)11-8-9-15(10-11)13(17)18-14(2,3)4/h5,11H,1,6-10H2,2-4H3/t11-/m1/s1. The molecule has 1 fully saturated rings. The van der Waals surface area contributed by atoms with Crippen LogP contribution >= 0.6 is 0 Å². The number of ketones is 1. The summed E-state index contributed by atoms with van der Waals surface area (Å²) in [5.74, 6) is 0.193. The highest BCUT2D eigenvalue weighted by atomic mass is 16.6. The van der Waals surface area contributed by atoms with Gasteiger partial charge in [0.1, 0.15) is 11.4 Å². The number of amides is 1. The number of nitrogens with zero attached hydrogens (tertiary/aromatic N) is 1. The van der Waals surface area contributed by atoms with Gasteiger partial charge >= 0.3 is 6.09 Å². The third-order valence-electron chi connectivity index (χ3n) is 2.89. The Morgan fingerprint density at radius 1 is 1.44 bits per heavy atom. The molecule has 0 aromatic heterocycles. The number of ether oxygens (including phenoxy) is 1. The topological polar surface area (TPSA) is 46.6 Å². The largest absolute Gasteiger partial charge is 0.444 e. The molecule has 1 heterocycles. The molecule has 0 N–H and O–H groups in total. The Morgan fingerprint density at radius 2 is 2.11 bits per heavy atom. The van der Waals surface area contributed by atoms with Gasteiger partial charge in [0, 0.05) is 25.4 Å². The van der Waals surface area contributed by atoms with Crippen molar-refractivity contribution in [2.45, 2.75) is 45.6 Å². The van der Waals surface area contributed by atoms with Crippen LogP contribution in [0.15, 0.2) is 12.7 Å². The minimum atomic E-state index is -0.484. The van der Waals surface area contributed by atoms with Gasteiger partial charge in [-0.3, -0.25) is 4.79 Å². The molecule has 0 spiro atoms. The summed E-state index contributed by atoms with van der Waals surface area (Å²) in [6, 6.07) is 0. The maximum Gasteiger partial charge on any atom is 0.410 e. The Morgan fingerprint density at radius 3 is 2.67 bits per heavy atom. The molecule has 0 saturated carbocycles. The van der Waals surface area contributed by atoms with Crippen LogP contribution in [-0.4, -0.2) is 35.5 Å². The van der Waals surface area contributed by atoms with E-state index in [0.717, 1.165) is 6.42 Å². The average Bonchev–Trinajstić information content (AvgIpc) is 2.72. The van der Waals surface area contributed by atoms with Crippen molar-refractivity contribution in [3.8, 4) is 0 Å². The van der Waals surface area contributed by atoms with E-state index in [0.29, 0.717) is 25.9 Å². The molecular weight excluding hydrogens is 230 g/mol. The van der Waals surface area contributed by atoms with Crippen molar-refractivity contribution in [2.24, 2.45) is 5.92 Å². The van der Waals surface area contributed by atoms with E-state index in [2.05, 4.69) is 6.58 Å². The number of allylic oxidation sites excluding steroid dienone is 1. The molecule has 1 atom stereocenters. The van der Waals surface area contributed by atoms with Gasteiger partial charge in [-0.1, -0.05) is 6.08 Å². The number of hydrogen-bond donors (Lipinski definition) is 0. The highest BCUT2D eigenvalue weighted by molar-refractivity contribution is 5.82. The smallest absolute Gasteiger partial charge is 0.410 e. The van der Waals surface area contributed by atoms with Gasteiger partial charge in [-0.2, -0.15) is 0 Å². The lowest BCUT2D eigenvalue weighted by molar-refractivity contribution is -0.122. The van der Waals surface area contributed by atoms with Crippen LogP contribution in [0.2, 0.25) is 0 Å². The zero-order valence-electron chi connectivity index (χ0n) is 11.6. The second kappa shape index (κ2) is 6.03. The Hall–Kier alpha value is -1.32. The predicted octanol–water partition coefficient (Wildman–Crippen LogP) is 2.78. The zero-order valence-corrected chi connectivity index (χ0v) is 11.6. The highest BCUT2D eigenvalue weighted by Gasteiger charge is 2.32. The van der Waals surface area contributed by atoms with Crippen molar-refractivity contribution in [1.29, 1.82) is 0 Å². The second-order valence-electron chi connectivity index (χ2n) is 5.71. The molecule has 0 aliphatic carbocycles. The molecule has 1 rings (SSSR count). The lowest BCUT2D eigenvalue weighted by Crippen LogP contribution is -2.35. The Labute approximate surface area is 109 Å². The fraction of sp³-hybridized carbons (Fsp3) is 0.714. The molecular formula is C14H23NO3. The van der Waals surface area contributed by atoms with Gasteiger partial charge < -0.3 is 9.64 Å². The van der Waals surface area contributed by atoms with Crippen LogP contribution in [0.3, 0.4) is 0 Å². The molecule has 1 aliphatic heterocycles. The second-order valence-corrected chi connectivity index (χ2v) is 5.71.